The summed E-state index contributed by atoms with van der Waals surface area (Å²) in [6.45, 7) is 2.05. The minimum Gasteiger partial charge on any atom is -0.493 e. The van der Waals surface area contributed by atoms with Gasteiger partial charge in [-0.3, -0.25) is 9.59 Å². The Balaban J connectivity index is 0.00000242. The lowest BCUT2D eigenvalue weighted by Gasteiger charge is -2.22. The zero-order valence-electron chi connectivity index (χ0n) is 12.0. The van der Waals surface area contributed by atoms with Gasteiger partial charge in [-0.15, -0.1) is 12.4 Å². The maximum absolute atomic E-state index is 11.9. The topological polar surface area (TPSA) is 103 Å². The van der Waals surface area contributed by atoms with Crippen LogP contribution in [-0.4, -0.2) is 44.2 Å². The number of nitrogens with one attached hydrogen (secondary N) is 2. The van der Waals surface area contributed by atoms with E-state index >= 15 is 0 Å². The van der Waals surface area contributed by atoms with Crippen molar-refractivity contribution < 1.29 is 19.1 Å². The van der Waals surface area contributed by atoms with E-state index in [2.05, 4.69) is 10.6 Å². The van der Waals surface area contributed by atoms with Crippen LogP contribution < -0.4 is 21.1 Å². The molecule has 0 bridgehead atoms. The number of nitrogens with two attached hydrogens (primary N) is 1. The van der Waals surface area contributed by atoms with Crippen molar-refractivity contribution in [3.63, 3.8) is 0 Å². The number of ether oxygens (including phenoxy) is 2. The maximum atomic E-state index is 11.9. The summed E-state index contributed by atoms with van der Waals surface area (Å²) in [5.74, 6) is 0.0365. The van der Waals surface area contributed by atoms with Crippen LogP contribution in [0.2, 0.25) is 0 Å². The molecule has 1 aliphatic heterocycles. The molecule has 122 valence electrons. The Kier molecular flexibility index (Phi) is 7.65. The van der Waals surface area contributed by atoms with E-state index in [1.165, 1.54) is 0 Å². The van der Waals surface area contributed by atoms with Crippen molar-refractivity contribution in [3.05, 3.63) is 24.3 Å². The molecule has 2 rings (SSSR count). The van der Waals surface area contributed by atoms with Crippen LogP contribution in [0, 0.1) is 0 Å². The second kappa shape index (κ2) is 9.24. The molecule has 0 radical (unpaired) electrons. The molecule has 22 heavy (non-hydrogen) atoms. The van der Waals surface area contributed by atoms with Crippen molar-refractivity contribution in [2.45, 2.75) is 12.5 Å². The second-order valence-corrected chi connectivity index (χ2v) is 4.64. The molecule has 7 nitrogen and oxygen atoms in total. The largest absolute Gasteiger partial charge is 0.493 e. The third-order valence-electron chi connectivity index (χ3n) is 2.96. The molecule has 8 heteroatoms. The molecule has 0 aromatic heterocycles. The minimum absolute atomic E-state index is 0. The van der Waals surface area contributed by atoms with Gasteiger partial charge < -0.3 is 25.8 Å². The summed E-state index contributed by atoms with van der Waals surface area (Å²) in [4.78, 5) is 22.5. The van der Waals surface area contributed by atoms with Gasteiger partial charge in [0.1, 0.15) is 11.9 Å². The highest BCUT2D eigenvalue weighted by molar-refractivity contribution is 5.94. The van der Waals surface area contributed by atoms with Crippen LogP contribution in [0.5, 0.6) is 5.75 Å². The predicted octanol–water partition coefficient (Wildman–Crippen LogP) is 0.289. The Morgan fingerprint density at radius 2 is 2.09 bits per heavy atom. The molecule has 1 aromatic rings. The van der Waals surface area contributed by atoms with Gasteiger partial charge in [-0.25, -0.2) is 0 Å². The van der Waals surface area contributed by atoms with Gasteiger partial charge in [0.2, 0.25) is 5.91 Å². The van der Waals surface area contributed by atoms with E-state index in [0.717, 1.165) is 6.54 Å². The number of rotatable bonds is 6. The van der Waals surface area contributed by atoms with Crippen molar-refractivity contribution in [1.82, 2.24) is 5.32 Å². The molecule has 1 heterocycles. The summed E-state index contributed by atoms with van der Waals surface area (Å²) >= 11 is 0. The standard InChI is InChI=1S/C14H19N3O4.ClH/c15-13(18)5-7-20-11-3-1-10(2-4-11)17-14(19)12-9-16-6-8-21-12;/h1-4,12,16H,5-9H2,(H2,15,18)(H,17,19);1H. The second-order valence-electron chi connectivity index (χ2n) is 4.64. The average Bonchev–Trinajstić information content (AvgIpc) is 2.49. The normalized spacial score (nSPS) is 17.2. The Morgan fingerprint density at radius 3 is 2.68 bits per heavy atom. The first-order chi connectivity index (χ1) is 10.1. The Hall–Kier alpha value is -1.83. The molecule has 2 amide bonds. The number of morpholine rings is 1. The van der Waals surface area contributed by atoms with Gasteiger partial charge in [0.15, 0.2) is 0 Å². The summed E-state index contributed by atoms with van der Waals surface area (Å²) in [6.07, 6.45) is -0.296. The van der Waals surface area contributed by atoms with Crippen LogP contribution >= 0.6 is 12.4 Å². The number of amides is 2. The van der Waals surface area contributed by atoms with E-state index < -0.39 is 12.0 Å². The monoisotopic (exact) mass is 329 g/mol. The molecule has 0 aliphatic carbocycles. The van der Waals surface area contributed by atoms with Gasteiger partial charge in [0.05, 0.1) is 19.6 Å². The average molecular weight is 330 g/mol. The van der Waals surface area contributed by atoms with Gasteiger partial charge in [-0.05, 0) is 24.3 Å². The lowest BCUT2D eigenvalue weighted by Crippen LogP contribution is -2.45. The first-order valence-electron chi connectivity index (χ1n) is 6.79. The molecule has 1 unspecified atom stereocenters. The smallest absolute Gasteiger partial charge is 0.254 e. The molecule has 0 spiro atoms. The fraction of sp³-hybridized carbons (Fsp3) is 0.429. The van der Waals surface area contributed by atoms with Crippen molar-refractivity contribution >= 4 is 29.9 Å². The Morgan fingerprint density at radius 1 is 1.36 bits per heavy atom. The Bertz CT molecular complexity index is 489. The summed E-state index contributed by atoms with van der Waals surface area (Å²) in [5.41, 5.74) is 5.69. The maximum Gasteiger partial charge on any atom is 0.254 e. The molecular weight excluding hydrogens is 310 g/mol. The number of carbonyl (C=O) groups is 2. The highest BCUT2D eigenvalue weighted by Crippen LogP contribution is 2.16. The molecule has 4 N–H and O–H groups in total. The molecule has 1 atom stereocenters. The van der Waals surface area contributed by atoms with E-state index in [1.807, 2.05) is 0 Å². The van der Waals surface area contributed by atoms with E-state index in [-0.39, 0.29) is 31.3 Å². The molecule has 1 aromatic carbocycles. The number of primary amides is 1. The van der Waals surface area contributed by atoms with E-state index in [9.17, 15) is 9.59 Å². The van der Waals surface area contributed by atoms with Crippen molar-refractivity contribution in [3.8, 4) is 5.75 Å². The van der Waals surface area contributed by atoms with Crippen LogP contribution in [-0.2, 0) is 14.3 Å². The summed E-state index contributed by atoms with van der Waals surface area (Å²) < 4.78 is 10.7. The summed E-state index contributed by atoms with van der Waals surface area (Å²) in [5, 5.41) is 5.88. The number of carbonyl (C=O) groups excluding carboxylic acids is 2. The highest BCUT2D eigenvalue weighted by atomic mass is 35.5. The molecule has 1 fully saturated rings. The number of hydrogen-bond acceptors (Lipinski definition) is 5. The van der Waals surface area contributed by atoms with Crippen molar-refractivity contribution in [2.75, 3.05) is 31.6 Å². The number of anilines is 1. The van der Waals surface area contributed by atoms with Crippen LogP contribution in [0.15, 0.2) is 24.3 Å². The van der Waals surface area contributed by atoms with E-state index in [4.69, 9.17) is 15.2 Å². The number of halogens is 1. The van der Waals surface area contributed by atoms with Gasteiger partial charge in [0, 0.05) is 18.8 Å². The fourth-order valence-corrected chi connectivity index (χ4v) is 1.86. The highest BCUT2D eigenvalue weighted by Gasteiger charge is 2.21. The number of benzene rings is 1. The fourth-order valence-electron chi connectivity index (χ4n) is 1.86. The SMILES string of the molecule is Cl.NC(=O)CCOc1ccc(NC(=O)C2CNCCO2)cc1. The lowest BCUT2D eigenvalue weighted by atomic mass is 10.2. The summed E-state index contributed by atoms with van der Waals surface area (Å²) in [7, 11) is 0. The number of hydrogen-bond donors (Lipinski definition) is 3. The van der Waals surface area contributed by atoms with Gasteiger partial charge in [0.25, 0.3) is 5.91 Å². The molecular formula is C14H20ClN3O4. The van der Waals surface area contributed by atoms with Crippen LogP contribution in [0.25, 0.3) is 0 Å². The van der Waals surface area contributed by atoms with Crippen LogP contribution in [0.3, 0.4) is 0 Å². The first-order valence-corrected chi connectivity index (χ1v) is 6.79. The molecule has 1 aliphatic rings. The predicted molar refractivity (Wildman–Crippen MR) is 84.2 cm³/mol. The van der Waals surface area contributed by atoms with E-state index in [1.54, 1.807) is 24.3 Å². The van der Waals surface area contributed by atoms with Crippen LogP contribution in [0.4, 0.5) is 5.69 Å². The molecule has 0 saturated carbocycles. The molecule has 1 saturated heterocycles. The zero-order valence-corrected chi connectivity index (χ0v) is 12.9. The Labute approximate surface area is 134 Å². The summed E-state index contributed by atoms with van der Waals surface area (Å²) in [6, 6.07) is 6.90. The van der Waals surface area contributed by atoms with Gasteiger partial charge in [-0.1, -0.05) is 0 Å². The van der Waals surface area contributed by atoms with Gasteiger partial charge in [-0.2, -0.15) is 0 Å². The third kappa shape index (κ3) is 5.88. The zero-order chi connectivity index (χ0) is 15.1. The third-order valence-corrected chi connectivity index (χ3v) is 2.96. The quantitative estimate of drug-likeness (QED) is 0.696. The first kappa shape index (κ1) is 18.2. The van der Waals surface area contributed by atoms with Crippen molar-refractivity contribution in [2.24, 2.45) is 5.73 Å². The van der Waals surface area contributed by atoms with Crippen molar-refractivity contribution in [1.29, 1.82) is 0 Å². The van der Waals surface area contributed by atoms with E-state index in [0.29, 0.717) is 24.6 Å². The van der Waals surface area contributed by atoms with Crippen LogP contribution in [0.1, 0.15) is 6.42 Å². The lowest BCUT2D eigenvalue weighted by molar-refractivity contribution is -0.128. The minimum atomic E-state index is -0.467. The van der Waals surface area contributed by atoms with Gasteiger partial charge >= 0.3 is 0 Å².